The van der Waals surface area contributed by atoms with Crippen molar-refractivity contribution < 1.29 is 17.9 Å². The Hall–Kier alpha value is -1.52. The van der Waals surface area contributed by atoms with Crippen molar-refractivity contribution >= 4 is 38.9 Å². The lowest BCUT2D eigenvalue weighted by Crippen LogP contribution is -2.06. The number of benzene rings is 1. The number of nitrogens with zero attached hydrogens (tertiary/aromatic N) is 1. The van der Waals surface area contributed by atoms with E-state index >= 15 is 0 Å². The van der Waals surface area contributed by atoms with Crippen LogP contribution in [0.1, 0.15) is 0 Å². The minimum absolute atomic E-state index is 0.0523. The van der Waals surface area contributed by atoms with Crippen molar-refractivity contribution in [1.29, 1.82) is 0 Å². The van der Waals surface area contributed by atoms with Crippen LogP contribution in [0.4, 0.5) is 17.1 Å². The van der Waals surface area contributed by atoms with Gasteiger partial charge in [0.2, 0.25) is 0 Å². The standard InChI is InChI=1S/C8H11N3O5S2/c9-5-4-8(17-1-2-18(14,15)16)6(10)3-7(5)11(12)13/h3-4H,1-2,9-10H2,(H,14,15,16). The van der Waals surface area contributed by atoms with E-state index in [0.717, 1.165) is 17.8 Å². The lowest BCUT2D eigenvalue weighted by atomic mass is 10.2. The van der Waals surface area contributed by atoms with Crippen LogP contribution in [-0.2, 0) is 10.1 Å². The average Bonchev–Trinajstić information content (AvgIpc) is 2.20. The zero-order valence-electron chi connectivity index (χ0n) is 9.07. The van der Waals surface area contributed by atoms with E-state index in [4.69, 9.17) is 16.0 Å². The van der Waals surface area contributed by atoms with Gasteiger partial charge in [-0.2, -0.15) is 8.42 Å². The molecule has 1 aromatic carbocycles. The summed E-state index contributed by atoms with van der Waals surface area (Å²) in [6.45, 7) is 0. The van der Waals surface area contributed by atoms with Gasteiger partial charge in [0.05, 0.1) is 16.4 Å². The van der Waals surface area contributed by atoms with E-state index < -0.39 is 20.8 Å². The van der Waals surface area contributed by atoms with Crippen LogP contribution in [0.5, 0.6) is 0 Å². The molecule has 0 unspecified atom stereocenters. The second kappa shape index (κ2) is 5.42. The van der Waals surface area contributed by atoms with E-state index in [0.29, 0.717) is 4.90 Å². The number of nitrogen functional groups attached to an aromatic ring is 2. The van der Waals surface area contributed by atoms with E-state index in [2.05, 4.69) is 0 Å². The van der Waals surface area contributed by atoms with E-state index in [1.807, 2.05) is 0 Å². The minimum atomic E-state index is -4.04. The molecular weight excluding hydrogens is 282 g/mol. The first-order valence-corrected chi connectivity index (χ1v) is 7.21. The predicted octanol–water partition coefficient (Wildman–Crippen LogP) is 0.739. The van der Waals surface area contributed by atoms with Crippen LogP contribution in [0.15, 0.2) is 17.0 Å². The van der Waals surface area contributed by atoms with Gasteiger partial charge < -0.3 is 11.5 Å². The van der Waals surface area contributed by atoms with Gasteiger partial charge in [0.15, 0.2) is 0 Å². The summed E-state index contributed by atoms with van der Waals surface area (Å²) in [5, 5.41) is 10.6. The van der Waals surface area contributed by atoms with Gasteiger partial charge in [-0.25, -0.2) is 0 Å². The number of nitro benzene ring substituents is 1. The summed E-state index contributed by atoms with van der Waals surface area (Å²) in [5.41, 5.74) is 10.8. The maximum absolute atomic E-state index is 10.6. The van der Waals surface area contributed by atoms with Crippen molar-refractivity contribution in [2.45, 2.75) is 4.90 Å². The molecule has 0 aliphatic carbocycles. The first-order valence-electron chi connectivity index (χ1n) is 4.62. The summed E-state index contributed by atoms with van der Waals surface area (Å²) in [4.78, 5) is 10.4. The minimum Gasteiger partial charge on any atom is -0.398 e. The van der Waals surface area contributed by atoms with E-state index in [9.17, 15) is 18.5 Å². The van der Waals surface area contributed by atoms with Gasteiger partial charge in [0, 0.05) is 16.7 Å². The topological polar surface area (TPSA) is 150 Å². The smallest absolute Gasteiger partial charge is 0.294 e. The average molecular weight is 293 g/mol. The SMILES string of the molecule is Nc1cc([N+](=O)[O-])c(N)cc1SCCS(=O)(=O)O. The summed E-state index contributed by atoms with van der Waals surface area (Å²) in [7, 11) is -4.04. The summed E-state index contributed by atoms with van der Waals surface area (Å²) in [6, 6.07) is 2.42. The largest absolute Gasteiger partial charge is 0.398 e. The van der Waals surface area contributed by atoms with Gasteiger partial charge in [0.25, 0.3) is 15.8 Å². The highest BCUT2D eigenvalue weighted by Crippen LogP contribution is 2.33. The van der Waals surface area contributed by atoms with Crippen molar-refractivity contribution in [3.05, 3.63) is 22.2 Å². The summed E-state index contributed by atoms with van der Waals surface area (Å²) in [6.07, 6.45) is 0. The lowest BCUT2D eigenvalue weighted by Gasteiger charge is -2.06. The molecule has 8 nitrogen and oxygen atoms in total. The van der Waals surface area contributed by atoms with Gasteiger partial charge >= 0.3 is 0 Å². The van der Waals surface area contributed by atoms with E-state index in [-0.39, 0.29) is 22.8 Å². The number of anilines is 2. The molecule has 5 N–H and O–H groups in total. The maximum Gasteiger partial charge on any atom is 0.294 e. The third-order valence-electron chi connectivity index (χ3n) is 1.95. The number of thioether (sulfide) groups is 1. The Morgan fingerprint density at radius 1 is 1.33 bits per heavy atom. The quantitative estimate of drug-likeness (QED) is 0.236. The van der Waals surface area contributed by atoms with Gasteiger partial charge in [-0.05, 0) is 6.07 Å². The highest BCUT2D eigenvalue weighted by molar-refractivity contribution is 8.00. The Kier molecular flexibility index (Phi) is 4.38. The Bertz CT molecular complexity index is 572. The molecule has 0 bridgehead atoms. The molecule has 0 heterocycles. The van der Waals surface area contributed by atoms with Gasteiger partial charge in [-0.1, -0.05) is 0 Å². The summed E-state index contributed by atoms with van der Waals surface area (Å²) < 4.78 is 29.6. The molecule has 1 rings (SSSR count). The highest BCUT2D eigenvalue weighted by atomic mass is 32.2. The fourth-order valence-electron chi connectivity index (χ4n) is 1.14. The molecule has 0 aromatic heterocycles. The fourth-order valence-corrected chi connectivity index (χ4v) is 2.97. The number of hydrogen-bond acceptors (Lipinski definition) is 7. The molecule has 0 spiro atoms. The van der Waals surface area contributed by atoms with Crippen LogP contribution in [0, 0.1) is 10.1 Å². The Labute approximate surface area is 107 Å². The van der Waals surface area contributed by atoms with Crippen LogP contribution in [-0.4, -0.2) is 29.4 Å². The molecule has 0 fully saturated rings. The van der Waals surface area contributed by atoms with Crippen LogP contribution in [0.3, 0.4) is 0 Å². The Balaban J connectivity index is 2.85. The van der Waals surface area contributed by atoms with Gasteiger partial charge in [-0.3, -0.25) is 14.7 Å². The molecule has 10 heteroatoms. The Morgan fingerprint density at radius 2 is 1.94 bits per heavy atom. The second-order valence-electron chi connectivity index (χ2n) is 3.34. The molecule has 0 aliphatic rings. The summed E-state index contributed by atoms with van der Waals surface area (Å²) in [5.74, 6) is -0.367. The molecule has 100 valence electrons. The maximum atomic E-state index is 10.6. The highest BCUT2D eigenvalue weighted by Gasteiger charge is 2.15. The number of nitro groups is 1. The molecule has 0 saturated carbocycles. The number of rotatable bonds is 5. The molecule has 0 radical (unpaired) electrons. The van der Waals surface area contributed by atoms with Crippen molar-refractivity contribution in [3.8, 4) is 0 Å². The van der Waals surface area contributed by atoms with Crippen LogP contribution in [0.2, 0.25) is 0 Å². The summed E-state index contributed by atoms with van der Waals surface area (Å²) >= 11 is 1.04. The van der Waals surface area contributed by atoms with Crippen LogP contribution >= 0.6 is 11.8 Å². The molecule has 0 aliphatic heterocycles. The second-order valence-corrected chi connectivity index (χ2v) is 6.05. The molecule has 1 aromatic rings. The van der Waals surface area contributed by atoms with Crippen molar-refractivity contribution in [1.82, 2.24) is 0 Å². The van der Waals surface area contributed by atoms with E-state index in [1.54, 1.807) is 0 Å². The lowest BCUT2D eigenvalue weighted by molar-refractivity contribution is -0.383. The van der Waals surface area contributed by atoms with E-state index in [1.165, 1.54) is 6.07 Å². The zero-order chi connectivity index (χ0) is 13.9. The van der Waals surface area contributed by atoms with Crippen LogP contribution < -0.4 is 11.5 Å². The number of hydrogen-bond donors (Lipinski definition) is 3. The number of nitrogens with two attached hydrogens (primary N) is 2. The van der Waals surface area contributed by atoms with Crippen molar-refractivity contribution in [2.75, 3.05) is 23.0 Å². The molecule has 0 atom stereocenters. The third kappa shape index (κ3) is 4.05. The first kappa shape index (κ1) is 14.5. The Morgan fingerprint density at radius 3 is 2.44 bits per heavy atom. The van der Waals surface area contributed by atoms with Crippen molar-refractivity contribution in [3.63, 3.8) is 0 Å². The van der Waals surface area contributed by atoms with Gasteiger partial charge in [-0.15, -0.1) is 11.8 Å². The molecule has 18 heavy (non-hydrogen) atoms. The fraction of sp³-hybridized carbons (Fsp3) is 0.250. The zero-order valence-corrected chi connectivity index (χ0v) is 10.7. The molecule has 0 amide bonds. The third-order valence-corrected chi connectivity index (χ3v) is 4.01. The van der Waals surface area contributed by atoms with Crippen molar-refractivity contribution in [2.24, 2.45) is 0 Å². The normalized spacial score (nSPS) is 11.4. The predicted molar refractivity (Wildman–Crippen MR) is 69.1 cm³/mol. The van der Waals surface area contributed by atoms with Crippen LogP contribution in [0.25, 0.3) is 0 Å². The molecule has 0 saturated heterocycles. The first-order chi connectivity index (χ1) is 8.20. The monoisotopic (exact) mass is 293 g/mol. The van der Waals surface area contributed by atoms with Gasteiger partial charge in [0.1, 0.15) is 5.69 Å². The molecular formula is C8H11N3O5S2.